The maximum atomic E-state index is 5.74. The van der Waals surface area contributed by atoms with Crippen LogP contribution in [0.4, 0.5) is 0 Å². The fourth-order valence-electron chi connectivity index (χ4n) is 2.53. The Morgan fingerprint density at radius 1 is 1.14 bits per heavy atom. The van der Waals surface area contributed by atoms with Crippen molar-refractivity contribution in [2.24, 2.45) is 0 Å². The van der Waals surface area contributed by atoms with Gasteiger partial charge >= 0.3 is 0 Å². The van der Waals surface area contributed by atoms with Crippen LogP contribution in [-0.4, -0.2) is 45.7 Å². The Balaban J connectivity index is 1.58. The molecule has 2 aliphatic rings. The van der Waals surface area contributed by atoms with E-state index in [0.717, 1.165) is 31.1 Å². The van der Waals surface area contributed by atoms with E-state index in [1.807, 2.05) is 6.07 Å². The average molecular weight is 293 g/mol. The van der Waals surface area contributed by atoms with Gasteiger partial charge in [0.25, 0.3) is 0 Å². The lowest BCUT2D eigenvalue weighted by molar-refractivity contribution is -0.0869. The van der Waals surface area contributed by atoms with E-state index in [0.29, 0.717) is 26.4 Å². The molecular formula is C16H23NO4. The molecule has 0 radical (unpaired) electrons. The number of fused-ring (bicyclic) bond motifs is 1. The molecule has 5 nitrogen and oxygen atoms in total. The number of hydrogen-bond acceptors (Lipinski definition) is 5. The minimum absolute atomic E-state index is 0.140. The van der Waals surface area contributed by atoms with Gasteiger partial charge in [-0.3, -0.25) is 0 Å². The number of benzene rings is 1. The second kappa shape index (κ2) is 7.11. The lowest BCUT2D eigenvalue weighted by atomic mass is 10.1. The largest absolute Gasteiger partial charge is 0.490 e. The SMILES string of the molecule is CC(NCC1COCCO1)c1ccc2c(c1)OCCCO2. The molecule has 0 aromatic heterocycles. The molecule has 3 rings (SSSR count). The molecule has 5 heteroatoms. The van der Waals surface area contributed by atoms with Crippen molar-refractivity contribution in [1.29, 1.82) is 0 Å². The van der Waals surface area contributed by atoms with Crippen LogP contribution in [0.3, 0.4) is 0 Å². The fraction of sp³-hybridized carbons (Fsp3) is 0.625. The van der Waals surface area contributed by atoms with Crippen LogP contribution < -0.4 is 14.8 Å². The van der Waals surface area contributed by atoms with Gasteiger partial charge in [0.2, 0.25) is 0 Å². The monoisotopic (exact) mass is 293 g/mol. The van der Waals surface area contributed by atoms with Crippen LogP contribution in [-0.2, 0) is 9.47 Å². The van der Waals surface area contributed by atoms with Crippen LogP contribution in [0, 0.1) is 0 Å². The third-order valence-electron chi connectivity index (χ3n) is 3.81. The van der Waals surface area contributed by atoms with Gasteiger partial charge < -0.3 is 24.3 Å². The first-order chi connectivity index (χ1) is 10.3. The van der Waals surface area contributed by atoms with Crippen LogP contribution in [0.2, 0.25) is 0 Å². The van der Waals surface area contributed by atoms with Crippen molar-refractivity contribution < 1.29 is 18.9 Å². The van der Waals surface area contributed by atoms with Gasteiger partial charge in [-0.25, -0.2) is 0 Å². The number of hydrogen-bond donors (Lipinski definition) is 1. The third kappa shape index (κ3) is 3.87. The summed E-state index contributed by atoms with van der Waals surface area (Å²) >= 11 is 0. The molecule has 2 unspecified atom stereocenters. The molecule has 2 atom stereocenters. The Hall–Kier alpha value is -1.30. The van der Waals surface area contributed by atoms with Crippen molar-refractivity contribution in [2.75, 3.05) is 39.6 Å². The quantitative estimate of drug-likeness (QED) is 0.919. The minimum Gasteiger partial charge on any atom is -0.490 e. The van der Waals surface area contributed by atoms with E-state index >= 15 is 0 Å². The van der Waals surface area contributed by atoms with Gasteiger partial charge in [0.05, 0.1) is 39.1 Å². The van der Waals surface area contributed by atoms with E-state index in [1.54, 1.807) is 0 Å². The lowest BCUT2D eigenvalue weighted by Crippen LogP contribution is -2.38. The van der Waals surface area contributed by atoms with Crippen LogP contribution in [0.25, 0.3) is 0 Å². The smallest absolute Gasteiger partial charge is 0.161 e. The van der Waals surface area contributed by atoms with Crippen LogP contribution in [0.5, 0.6) is 11.5 Å². The topological polar surface area (TPSA) is 49.0 Å². The molecule has 21 heavy (non-hydrogen) atoms. The number of rotatable bonds is 4. The van der Waals surface area contributed by atoms with E-state index in [9.17, 15) is 0 Å². The zero-order valence-electron chi connectivity index (χ0n) is 12.5. The van der Waals surface area contributed by atoms with Crippen LogP contribution >= 0.6 is 0 Å². The molecule has 1 aromatic rings. The molecular weight excluding hydrogens is 270 g/mol. The number of nitrogens with one attached hydrogen (secondary N) is 1. The fourth-order valence-corrected chi connectivity index (χ4v) is 2.53. The van der Waals surface area contributed by atoms with Crippen molar-refractivity contribution in [3.8, 4) is 11.5 Å². The maximum absolute atomic E-state index is 5.74. The lowest BCUT2D eigenvalue weighted by Gasteiger charge is -2.25. The van der Waals surface area contributed by atoms with Crippen molar-refractivity contribution in [2.45, 2.75) is 25.5 Å². The Labute approximate surface area is 125 Å². The molecule has 2 heterocycles. The summed E-state index contributed by atoms with van der Waals surface area (Å²) in [4.78, 5) is 0. The van der Waals surface area contributed by atoms with Crippen molar-refractivity contribution in [1.82, 2.24) is 5.32 Å². The highest BCUT2D eigenvalue weighted by Gasteiger charge is 2.17. The van der Waals surface area contributed by atoms with Gasteiger partial charge in [0.1, 0.15) is 0 Å². The Kier molecular flexibility index (Phi) is 4.95. The van der Waals surface area contributed by atoms with E-state index in [1.165, 1.54) is 5.56 Å². The van der Waals surface area contributed by atoms with Crippen molar-refractivity contribution in [3.63, 3.8) is 0 Å². The molecule has 1 fully saturated rings. The molecule has 116 valence electrons. The van der Waals surface area contributed by atoms with Crippen molar-refractivity contribution in [3.05, 3.63) is 23.8 Å². The molecule has 0 bridgehead atoms. The number of ether oxygens (including phenoxy) is 4. The Morgan fingerprint density at radius 2 is 2.00 bits per heavy atom. The van der Waals surface area contributed by atoms with Gasteiger partial charge in [-0.15, -0.1) is 0 Å². The van der Waals surface area contributed by atoms with Crippen molar-refractivity contribution >= 4 is 0 Å². The summed E-state index contributed by atoms with van der Waals surface area (Å²) in [6.07, 6.45) is 1.07. The minimum atomic E-state index is 0.140. The van der Waals surface area contributed by atoms with Gasteiger partial charge in [0.15, 0.2) is 11.5 Å². The molecule has 1 aromatic carbocycles. The molecule has 0 spiro atoms. The molecule has 1 N–H and O–H groups in total. The highest BCUT2D eigenvalue weighted by molar-refractivity contribution is 5.44. The van der Waals surface area contributed by atoms with E-state index in [4.69, 9.17) is 18.9 Å². The summed E-state index contributed by atoms with van der Waals surface area (Å²) in [7, 11) is 0. The zero-order valence-corrected chi connectivity index (χ0v) is 12.5. The van der Waals surface area contributed by atoms with Crippen LogP contribution in [0.1, 0.15) is 24.9 Å². The second-order valence-corrected chi connectivity index (χ2v) is 5.45. The summed E-state index contributed by atoms with van der Waals surface area (Å²) in [5.74, 6) is 1.68. The van der Waals surface area contributed by atoms with Gasteiger partial charge in [-0.1, -0.05) is 6.07 Å². The Morgan fingerprint density at radius 3 is 2.81 bits per heavy atom. The van der Waals surface area contributed by atoms with E-state index in [2.05, 4.69) is 24.4 Å². The normalized spacial score (nSPS) is 23.4. The molecule has 0 aliphatic carbocycles. The summed E-state index contributed by atoms with van der Waals surface area (Å²) in [6.45, 7) is 6.42. The predicted molar refractivity (Wildman–Crippen MR) is 79.0 cm³/mol. The zero-order chi connectivity index (χ0) is 14.5. The van der Waals surface area contributed by atoms with E-state index in [-0.39, 0.29) is 12.1 Å². The van der Waals surface area contributed by atoms with E-state index < -0.39 is 0 Å². The summed E-state index contributed by atoms with van der Waals surface area (Å²) in [6, 6.07) is 6.38. The maximum Gasteiger partial charge on any atom is 0.161 e. The Bertz CT molecular complexity index is 460. The first-order valence-electron chi connectivity index (χ1n) is 7.65. The molecule has 0 amide bonds. The average Bonchev–Trinajstić information content (AvgIpc) is 2.78. The molecule has 1 saturated heterocycles. The second-order valence-electron chi connectivity index (χ2n) is 5.45. The summed E-state index contributed by atoms with van der Waals surface area (Å²) in [5, 5.41) is 3.49. The molecule has 0 saturated carbocycles. The van der Waals surface area contributed by atoms with Gasteiger partial charge in [0, 0.05) is 19.0 Å². The third-order valence-corrected chi connectivity index (χ3v) is 3.81. The predicted octanol–water partition coefficient (Wildman–Crippen LogP) is 1.91. The van der Waals surface area contributed by atoms with Gasteiger partial charge in [-0.2, -0.15) is 0 Å². The van der Waals surface area contributed by atoms with Gasteiger partial charge in [-0.05, 0) is 24.6 Å². The highest BCUT2D eigenvalue weighted by atomic mass is 16.6. The molecule has 2 aliphatic heterocycles. The van der Waals surface area contributed by atoms with Crippen LogP contribution in [0.15, 0.2) is 18.2 Å². The first-order valence-corrected chi connectivity index (χ1v) is 7.65. The standard InChI is InChI=1S/C16H23NO4/c1-12(17-10-14-11-18-7-8-19-14)13-3-4-15-16(9-13)21-6-2-5-20-15/h3-4,9,12,14,17H,2,5-8,10-11H2,1H3. The summed E-state index contributed by atoms with van der Waals surface area (Å²) in [5.41, 5.74) is 1.19. The first kappa shape index (κ1) is 14.6. The highest BCUT2D eigenvalue weighted by Crippen LogP contribution is 2.32. The summed E-state index contributed by atoms with van der Waals surface area (Å²) < 4.78 is 22.4.